The van der Waals surface area contributed by atoms with Crippen LogP contribution in [0.15, 0.2) is 0 Å². The minimum atomic E-state index is -3.72. The van der Waals surface area contributed by atoms with Gasteiger partial charge in [0.15, 0.2) is 9.84 Å². The topological polar surface area (TPSA) is 86.7 Å². The molecule has 0 aromatic carbocycles. The van der Waals surface area contributed by atoms with E-state index in [2.05, 4.69) is 9.26 Å². The van der Waals surface area contributed by atoms with Crippen LogP contribution in [-0.4, -0.2) is 32.4 Å². The molecule has 6 nitrogen and oxygen atoms in total. The number of hydrogen-bond donors (Lipinski definition) is 0. The summed E-state index contributed by atoms with van der Waals surface area (Å²) in [6.45, 7) is 2.71. The number of hydrogen-bond acceptors (Lipinski definition) is 6. The molecule has 8 heteroatoms. The molecule has 0 radical (unpaired) electrons. The Balaban J connectivity index is 4.74. The summed E-state index contributed by atoms with van der Waals surface area (Å²) in [5.74, 6) is -0.807. The molecule has 0 heterocycles. The summed E-state index contributed by atoms with van der Waals surface area (Å²) < 4.78 is 42.4. The second-order valence-electron chi connectivity index (χ2n) is 2.52. The lowest BCUT2D eigenvalue weighted by Gasteiger charge is -2.13. The Bertz CT molecular complexity index is 321. The Labute approximate surface area is 83.4 Å². The molecule has 2 atom stereocenters. The first kappa shape index (κ1) is 13.6. The van der Waals surface area contributed by atoms with Gasteiger partial charge in [0.05, 0.1) is 6.61 Å². The number of carbonyl (C=O) groups is 1. The van der Waals surface area contributed by atoms with Crippen molar-refractivity contribution < 1.29 is 27.0 Å². The fourth-order valence-corrected chi connectivity index (χ4v) is 3.27. The van der Waals surface area contributed by atoms with Crippen LogP contribution in [0.2, 0.25) is 0 Å². The predicted octanol–water partition coefficient (Wildman–Crippen LogP) is 0.389. The standard InChI is InChI=1S/C6H13O6PS/c1-4-11-13(8)6(12-5(2)7)14(3,9)10/h6,13H,4H2,1-3H3. The highest BCUT2D eigenvalue weighted by atomic mass is 32.2. The lowest BCUT2D eigenvalue weighted by molar-refractivity contribution is -0.140. The molecule has 0 rings (SSSR count). The third-order valence-electron chi connectivity index (χ3n) is 1.14. The fraction of sp³-hybridized carbons (Fsp3) is 0.833. The second-order valence-corrected chi connectivity index (χ2v) is 6.48. The summed E-state index contributed by atoms with van der Waals surface area (Å²) in [5.41, 5.74) is 0. The first-order valence-corrected chi connectivity index (χ1v) is 7.16. The summed E-state index contributed by atoms with van der Waals surface area (Å²) in [7, 11) is -6.63. The van der Waals surface area contributed by atoms with Crippen LogP contribution in [0, 0.1) is 0 Å². The van der Waals surface area contributed by atoms with Gasteiger partial charge in [0, 0.05) is 13.2 Å². The van der Waals surface area contributed by atoms with Gasteiger partial charge in [-0.3, -0.25) is 9.36 Å². The third-order valence-corrected chi connectivity index (χ3v) is 4.95. The van der Waals surface area contributed by atoms with Gasteiger partial charge >= 0.3 is 5.97 Å². The van der Waals surface area contributed by atoms with Gasteiger partial charge in [0.25, 0.3) is 5.18 Å². The normalized spacial score (nSPS) is 15.9. The van der Waals surface area contributed by atoms with E-state index >= 15 is 0 Å². The van der Waals surface area contributed by atoms with Crippen molar-refractivity contribution in [2.75, 3.05) is 12.9 Å². The Morgan fingerprint density at radius 2 is 2.00 bits per heavy atom. The highest BCUT2D eigenvalue weighted by molar-refractivity contribution is 7.96. The summed E-state index contributed by atoms with van der Waals surface area (Å²) >= 11 is 0. The van der Waals surface area contributed by atoms with Crippen LogP contribution in [0.25, 0.3) is 0 Å². The Morgan fingerprint density at radius 1 is 1.50 bits per heavy atom. The van der Waals surface area contributed by atoms with E-state index in [4.69, 9.17) is 0 Å². The molecule has 0 aromatic rings. The van der Waals surface area contributed by atoms with Crippen molar-refractivity contribution in [3.63, 3.8) is 0 Å². The molecule has 2 unspecified atom stereocenters. The average molecular weight is 244 g/mol. The quantitative estimate of drug-likeness (QED) is 0.513. The number of rotatable bonds is 5. The number of esters is 1. The third kappa shape index (κ3) is 4.74. The van der Waals surface area contributed by atoms with Gasteiger partial charge in [-0.25, -0.2) is 8.42 Å². The fourth-order valence-electron chi connectivity index (χ4n) is 0.671. The molecule has 0 amide bonds. The molecule has 84 valence electrons. The minimum Gasteiger partial charge on any atom is -0.436 e. The molecule has 0 aromatic heterocycles. The molecule has 0 aliphatic carbocycles. The van der Waals surface area contributed by atoms with Gasteiger partial charge in [-0.1, -0.05) is 0 Å². The van der Waals surface area contributed by atoms with Crippen molar-refractivity contribution >= 4 is 23.8 Å². The van der Waals surface area contributed by atoms with Crippen LogP contribution < -0.4 is 0 Å². The monoisotopic (exact) mass is 244 g/mol. The van der Waals surface area contributed by atoms with E-state index in [1.54, 1.807) is 6.92 Å². The lowest BCUT2D eigenvalue weighted by atomic mass is 10.8. The van der Waals surface area contributed by atoms with E-state index in [0.29, 0.717) is 0 Å². The van der Waals surface area contributed by atoms with Crippen LogP contribution in [0.4, 0.5) is 0 Å². The molecule has 0 saturated carbocycles. The minimum absolute atomic E-state index is 0.102. The molecule has 0 bridgehead atoms. The molecule has 0 fully saturated rings. The van der Waals surface area contributed by atoms with E-state index in [1.165, 1.54) is 0 Å². The SMILES string of the molecule is CCO[PH](=O)C(OC(C)=O)S(C)(=O)=O. The molecule has 0 saturated heterocycles. The van der Waals surface area contributed by atoms with Crippen LogP contribution in [0.3, 0.4) is 0 Å². The van der Waals surface area contributed by atoms with E-state index in [1.807, 2.05) is 0 Å². The lowest BCUT2D eigenvalue weighted by Crippen LogP contribution is -2.22. The van der Waals surface area contributed by atoms with E-state index < -0.39 is 29.0 Å². The van der Waals surface area contributed by atoms with Crippen molar-refractivity contribution in [3.8, 4) is 0 Å². The maximum absolute atomic E-state index is 11.2. The summed E-state index contributed by atoms with van der Waals surface area (Å²) in [6, 6.07) is 0. The Kier molecular flexibility index (Phi) is 5.33. The highest BCUT2D eigenvalue weighted by Gasteiger charge is 2.30. The first-order valence-electron chi connectivity index (χ1n) is 3.81. The first-order chi connectivity index (χ1) is 6.29. The largest absolute Gasteiger partial charge is 0.436 e. The molecular formula is C6H13O6PS. The van der Waals surface area contributed by atoms with Gasteiger partial charge in [0.1, 0.15) is 0 Å². The zero-order chi connectivity index (χ0) is 11.4. The van der Waals surface area contributed by atoms with Crippen molar-refractivity contribution in [3.05, 3.63) is 0 Å². The molecule has 0 N–H and O–H groups in total. The van der Waals surface area contributed by atoms with Crippen LogP contribution in [0.5, 0.6) is 0 Å². The van der Waals surface area contributed by atoms with Crippen molar-refractivity contribution in [2.24, 2.45) is 0 Å². The van der Waals surface area contributed by atoms with Crippen LogP contribution >= 0.6 is 8.03 Å². The van der Waals surface area contributed by atoms with Crippen molar-refractivity contribution in [2.45, 2.75) is 19.0 Å². The average Bonchev–Trinajstić information content (AvgIpc) is 1.98. The summed E-state index contributed by atoms with van der Waals surface area (Å²) in [6.07, 6.45) is 0.836. The van der Waals surface area contributed by atoms with Crippen LogP contribution in [-0.2, 0) is 28.5 Å². The second kappa shape index (κ2) is 5.48. The van der Waals surface area contributed by atoms with E-state index in [-0.39, 0.29) is 6.61 Å². The predicted molar refractivity (Wildman–Crippen MR) is 51.0 cm³/mol. The smallest absolute Gasteiger partial charge is 0.304 e. The van der Waals surface area contributed by atoms with E-state index in [0.717, 1.165) is 13.2 Å². The number of sulfone groups is 1. The maximum Gasteiger partial charge on any atom is 0.304 e. The summed E-state index contributed by atoms with van der Waals surface area (Å²) in [4.78, 5) is 10.5. The summed E-state index contributed by atoms with van der Waals surface area (Å²) in [5, 5.41) is -1.68. The number of carbonyl (C=O) groups excluding carboxylic acids is 1. The molecule has 0 aliphatic heterocycles. The molecule has 0 aliphatic rings. The van der Waals surface area contributed by atoms with Gasteiger partial charge in [-0.05, 0) is 6.92 Å². The number of ether oxygens (including phenoxy) is 1. The Hall–Kier alpha value is -0.390. The molecule has 14 heavy (non-hydrogen) atoms. The van der Waals surface area contributed by atoms with Gasteiger partial charge in [-0.2, -0.15) is 0 Å². The molecule has 0 spiro atoms. The van der Waals surface area contributed by atoms with Gasteiger partial charge < -0.3 is 9.26 Å². The van der Waals surface area contributed by atoms with Crippen LogP contribution in [0.1, 0.15) is 13.8 Å². The van der Waals surface area contributed by atoms with E-state index in [9.17, 15) is 17.8 Å². The zero-order valence-corrected chi connectivity index (χ0v) is 9.96. The molecular weight excluding hydrogens is 231 g/mol. The van der Waals surface area contributed by atoms with Crippen molar-refractivity contribution in [1.29, 1.82) is 0 Å². The maximum atomic E-state index is 11.2. The van der Waals surface area contributed by atoms with Gasteiger partial charge in [-0.15, -0.1) is 0 Å². The van der Waals surface area contributed by atoms with Crippen molar-refractivity contribution in [1.82, 2.24) is 0 Å². The zero-order valence-electron chi connectivity index (χ0n) is 8.14. The Morgan fingerprint density at radius 3 is 2.29 bits per heavy atom. The van der Waals surface area contributed by atoms with Gasteiger partial charge in [0.2, 0.25) is 8.03 Å². The highest BCUT2D eigenvalue weighted by Crippen LogP contribution is 2.33.